The van der Waals surface area contributed by atoms with E-state index in [0.29, 0.717) is 12.3 Å². The predicted molar refractivity (Wildman–Crippen MR) is 67.7 cm³/mol. The number of thiol groups is 1. The number of aromatic amines is 2. The maximum Gasteiger partial charge on any atom is 0.326 e. The summed E-state index contributed by atoms with van der Waals surface area (Å²) in [7, 11) is 1.57. The van der Waals surface area contributed by atoms with Crippen LogP contribution in [-0.2, 0) is 5.75 Å². The van der Waals surface area contributed by atoms with Gasteiger partial charge in [0.2, 0.25) is 0 Å². The van der Waals surface area contributed by atoms with E-state index in [0.717, 1.165) is 11.4 Å². The van der Waals surface area contributed by atoms with Crippen LogP contribution in [0.5, 0.6) is 0 Å². The maximum absolute atomic E-state index is 11.1. The number of carbonyl (C=O) groups is 1. The Kier molecular flexibility index (Phi) is 5.33. The second-order valence-electron chi connectivity index (χ2n) is 3.09. The van der Waals surface area contributed by atoms with Gasteiger partial charge < -0.3 is 10.4 Å². The fraction of sp³-hybridized carbons (Fsp3) is 0.500. The Morgan fingerprint density at radius 3 is 2.94 bits per heavy atom. The molecule has 16 heavy (non-hydrogen) atoms. The molecule has 8 heteroatoms. The summed E-state index contributed by atoms with van der Waals surface area (Å²) in [6.45, 7) is 0.572. The molecule has 0 radical (unpaired) electrons. The second kappa shape index (κ2) is 6.54. The van der Waals surface area contributed by atoms with Crippen molar-refractivity contribution in [1.29, 1.82) is 0 Å². The van der Waals surface area contributed by atoms with Crippen LogP contribution < -0.4 is 10.9 Å². The summed E-state index contributed by atoms with van der Waals surface area (Å²) >= 11 is 5.47. The van der Waals surface area contributed by atoms with E-state index in [1.807, 2.05) is 0 Å². The molecule has 6 nitrogen and oxygen atoms in total. The number of aromatic nitrogens is 2. The molecule has 0 unspecified atom stereocenters. The van der Waals surface area contributed by atoms with Crippen molar-refractivity contribution in [1.82, 2.24) is 19.8 Å². The van der Waals surface area contributed by atoms with Crippen LogP contribution in [0.4, 0.5) is 4.79 Å². The minimum Gasteiger partial charge on any atom is -0.336 e. The summed E-state index contributed by atoms with van der Waals surface area (Å²) in [5.74, 6) is 1.49. The molecular weight excluding hydrogens is 248 g/mol. The Labute approximate surface area is 103 Å². The molecular formula is C8H14N4O2S2. The number of rotatable bonds is 5. The minimum absolute atomic E-state index is 0.124. The van der Waals surface area contributed by atoms with Crippen molar-refractivity contribution in [2.75, 3.05) is 19.3 Å². The molecule has 0 atom stereocenters. The number of urea groups is 1. The van der Waals surface area contributed by atoms with Crippen molar-refractivity contribution in [2.24, 2.45) is 0 Å². The van der Waals surface area contributed by atoms with Crippen LogP contribution in [-0.4, -0.2) is 39.9 Å². The molecule has 2 amide bonds. The van der Waals surface area contributed by atoms with Gasteiger partial charge in [0.25, 0.3) is 5.56 Å². The first kappa shape index (κ1) is 13.0. The third-order valence-electron chi connectivity index (χ3n) is 1.73. The van der Waals surface area contributed by atoms with E-state index in [2.05, 4.69) is 28.3 Å². The van der Waals surface area contributed by atoms with E-state index in [-0.39, 0.29) is 11.6 Å². The SMILES string of the molecule is CN(S)C(=O)NCCSCc1cc(=O)[nH][nH]1. The minimum atomic E-state index is -0.223. The summed E-state index contributed by atoms with van der Waals surface area (Å²) in [6.07, 6.45) is 0. The second-order valence-corrected chi connectivity index (χ2v) is 4.80. The average molecular weight is 262 g/mol. The molecule has 0 saturated carbocycles. The maximum atomic E-state index is 11.1. The molecule has 90 valence electrons. The van der Waals surface area contributed by atoms with E-state index in [1.54, 1.807) is 18.8 Å². The van der Waals surface area contributed by atoms with Crippen LogP contribution >= 0.6 is 24.6 Å². The van der Waals surface area contributed by atoms with Crippen LogP contribution in [0, 0.1) is 0 Å². The molecule has 1 aromatic heterocycles. The Morgan fingerprint density at radius 1 is 1.62 bits per heavy atom. The Bertz CT molecular complexity index is 387. The highest BCUT2D eigenvalue weighted by atomic mass is 32.2. The van der Waals surface area contributed by atoms with Crippen LogP contribution in [0.15, 0.2) is 10.9 Å². The molecule has 1 heterocycles. The lowest BCUT2D eigenvalue weighted by Crippen LogP contribution is -2.32. The first-order chi connectivity index (χ1) is 7.59. The first-order valence-electron chi connectivity index (χ1n) is 4.64. The quantitative estimate of drug-likeness (QED) is 0.459. The van der Waals surface area contributed by atoms with E-state index in [1.165, 1.54) is 10.4 Å². The van der Waals surface area contributed by atoms with Crippen LogP contribution in [0.1, 0.15) is 5.69 Å². The van der Waals surface area contributed by atoms with Crippen molar-refractivity contribution >= 4 is 30.6 Å². The van der Waals surface area contributed by atoms with Gasteiger partial charge in [-0.25, -0.2) is 4.79 Å². The van der Waals surface area contributed by atoms with Crippen molar-refractivity contribution < 1.29 is 4.79 Å². The molecule has 0 bridgehead atoms. The number of nitrogens with zero attached hydrogens (tertiary/aromatic N) is 1. The summed E-state index contributed by atoms with van der Waals surface area (Å²) in [5, 5.41) is 7.90. The summed E-state index contributed by atoms with van der Waals surface area (Å²) in [4.78, 5) is 21.8. The lowest BCUT2D eigenvalue weighted by Gasteiger charge is -2.09. The fourth-order valence-electron chi connectivity index (χ4n) is 0.977. The lowest BCUT2D eigenvalue weighted by molar-refractivity contribution is 0.231. The third kappa shape index (κ3) is 4.67. The highest BCUT2D eigenvalue weighted by molar-refractivity contribution is 7.98. The number of H-pyrrole nitrogens is 2. The summed E-state index contributed by atoms with van der Waals surface area (Å²) in [5.41, 5.74) is 0.730. The Morgan fingerprint density at radius 2 is 2.38 bits per heavy atom. The van der Waals surface area contributed by atoms with Crippen LogP contribution in [0.2, 0.25) is 0 Å². The number of thioether (sulfide) groups is 1. The summed E-state index contributed by atoms with van der Waals surface area (Å²) in [6, 6.07) is 1.30. The van der Waals surface area contributed by atoms with Gasteiger partial charge in [0.05, 0.1) is 0 Å². The van der Waals surface area contributed by atoms with Crippen molar-refractivity contribution in [3.05, 3.63) is 22.1 Å². The Hall–Kier alpha value is -1.02. The third-order valence-corrected chi connectivity index (χ3v) is 2.92. The van der Waals surface area contributed by atoms with Gasteiger partial charge in [0.15, 0.2) is 0 Å². The normalized spacial score (nSPS) is 10.1. The van der Waals surface area contributed by atoms with Gasteiger partial charge >= 0.3 is 6.03 Å². The van der Waals surface area contributed by atoms with Gasteiger partial charge in [-0.15, -0.1) is 0 Å². The van der Waals surface area contributed by atoms with Crippen LogP contribution in [0.3, 0.4) is 0 Å². The zero-order valence-corrected chi connectivity index (χ0v) is 10.5. The van der Waals surface area contributed by atoms with E-state index in [9.17, 15) is 9.59 Å². The molecule has 1 aromatic rings. The molecule has 0 aromatic carbocycles. The average Bonchev–Trinajstić information content (AvgIpc) is 2.63. The molecule has 3 N–H and O–H groups in total. The zero-order chi connectivity index (χ0) is 12.0. The van der Waals surface area contributed by atoms with Gasteiger partial charge in [0, 0.05) is 36.9 Å². The molecule has 0 saturated heterocycles. The number of amides is 2. The van der Waals surface area contributed by atoms with E-state index in [4.69, 9.17) is 0 Å². The van der Waals surface area contributed by atoms with E-state index < -0.39 is 0 Å². The van der Waals surface area contributed by atoms with Crippen molar-refractivity contribution in [2.45, 2.75) is 5.75 Å². The molecule has 0 spiro atoms. The summed E-state index contributed by atoms with van der Waals surface area (Å²) < 4.78 is 1.19. The van der Waals surface area contributed by atoms with Crippen molar-refractivity contribution in [3.8, 4) is 0 Å². The topological polar surface area (TPSA) is 81.0 Å². The molecule has 1 rings (SSSR count). The number of hydrogen-bond donors (Lipinski definition) is 4. The molecule has 0 fully saturated rings. The number of hydrogen-bond acceptors (Lipinski definition) is 4. The highest BCUT2D eigenvalue weighted by Crippen LogP contribution is 2.06. The predicted octanol–water partition coefficient (Wildman–Crippen LogP) is 0.422. The first-order valence-corrected chi connectivity index (χ1v) is 6.20. The van der Waals surface area contributed by atoms with Gasteiger partial charge in [-0.3, -0.25) is 14.2 Å². The van der Waals surface area contributed by atoms with Gasteiger partial charge in [-0.1, -0.05) is 12.8 Å². The van der Waals surface area contributed by atoms with E-state index >= 15 is 0 Å². The highest BCUT2D eigenvalue weighted by Gasteiger charge is 2.02. The number of carbonyl (C=O) groups excluding carboxylic acids is 1. The molecule has 0 aliphatic heterocycles. The zero-order valence-electron chi connectivity index (χ0n) is 8.82. The van der Waals surface area contributed by atoms with Crippen molar-refractivity contribution in [3.63, 3.8) is 0 Å². The molecule has 0 aliphatic rings. The molecule has 0 aliphatic carbocycles. The standard InChI is InChI=1S/C8H14N4O2S2/c1-12(15)8(14)9-2-3-16-5-6-4-7(13)11-10-6/h4,15H,2-3,5H2,1H3,(H,9,14)(H2,10,11,13). The fourth-order valence-corrected chi connectivity index (χ4v) is 1.81. The van der Waals surface area contributed by atoms with Gasteiger partial charge in [0.1, 0.15) is 0 Å². The number of nitrogens with one attached hydrogen (secondary N) is 3. The van der Waals surface area contributed by atoms with Crippen LogP contribution in [0.25, 0.3) is 0 Å². The Balaban J connectivity index is 2.08. The lowest BCUT2D eigenvalue weighted by atomic mass is 10.5. The monoisotopic (exact) mass is 262 g/mol. The smallest absolute Gasteiger partial charge is 0.326 e. The largest absolute Gasteiger partial charge is 0.336 e. The van der Waals surface area contributed by atoms with Gasteiger partial charge in [-0.05, 0) is 0 Å². The van der Waals surface area contributed by atoms with Gasteiger partial charge in [-0.2, -0.15) is 11.8 Å².